The van der Waals surface area contributed by atoms with Crippen LogP contribution in [0.4, 0.5) is 0 Å². The Bertz CT molecular complexity index is 227. The maximum absolute atomic E-state index is 12.0. The Morgan fingerprint density at radius 3 is 2.47 bits per heavy atom. The van der Waals surface area contributed by atoms with E-state index in [0.717, 1.165) is 39.1 Å². The molecule has 0 radical (unpaired) electrons. The van der Waals surface area contributed by atoms with Gasteiger partial charge in [-0.25, -0.2) is 0 Å². The Labute approximate surface area is 103 Å². The van der Waals surface area contributed by atoms with Gasteiger partial charge in [-0.3, -0.25) is 9.69 Å². The fourth-order valence-corrected chi connectivity index (χ4v) is 3.07. The van der Waals surface area contributed by atoms with Crippen LogP contribution >= 0.6 is 0 Å². The first-order valence-corrected chi connectivity index (χ1v) is 6.72. The fourth-order valence-electron chi connectivity index (χ4n) is 3.07. The minimum Gasteiger partial charge on any atom is -0.468 e. The van der Waals surface area contributed by atoms with E-state index in [-0.39, 0.29) is 12.0 Å². The molecule has 0 aromatic rings. The van der Waals surface area contributed by atoms with E-state index in [1.165, 1.54) is 26.4 Å². The summed E-state index contributed by atoms with van der Waals surface area (Å²) < 4.78 is 10.4. The Hall–Kier alpha value is -0.610. The molecule has 0 aromatic carbocycles. The predicted octanol–water partition coefficient (Wildman–Crippen LogP) is 1.44. The summed E-state index contributed by atoms with van der Waals surface area (Å²) >= 11 is 0. The zero-order valence-electron chi connectivity index (χ0n) is 10.7. The number of carbonyl (C=O) groups excluding carboxylic acids is 1. The second kappa shape index (κ2) is 6.36. The molecule has 17 heavy (non-hydrogen) atoms. The molecular formula is C13H23NO3. The minimum absolute atomic E-state index is 0.0378. The van der Waals surface area contributed by atoms with Crippen LogP contribution in [-0.2, 0) is 14.3 Å². The van der Waals surface area contributed by atoms with Crippen molar-refractivity contribution >= 4 is 5.97 Å². The lowest BCUT2D eigenvalue weighted by Crippen LogP contribution is -2.51. The summed E-state index contributed by atoms with van der Waals surface area (Å²) in [5.74, 6) is 0.424. The highest BCUT2D eigenvalue weighted by molar-refractivity contribution is 5.76. The van der Waals surface area contributed by atoms with Crippen molar-refractivity contribution in [3.05, 3.63) is 0 Å². The molecular weight excluding hydrogens is 218 g/mol. The molecule has 0 aromatic heterocycles. The van der Waals surface area contributed by atoms with Crippen LogP contribution in [0.2, 0.25) is 0 Å². The van der Waals surface area contributed by atoms with Crippen LogP contribution in [0, 0.1) is 5.92 Å². The van der Waals surface area contributed by atoms with Gasteiger partial charge in [0.1, 0.15) is 6.04 Å². The van der Waals surface area contributed by atoms with Gasteiger partial charge in [0, 0.05) is 13.1 Å². The molecule has 1 saturated heterocycles. The first-order chi connectivity index (χ1) is 8.33. The van der Waals surface area contributed by atoms with Gasteiger partial charge in [-0.15, -0.1) is 0 Å². The summed E-state index contributed by atoms with van der Waals surface area (Å²) in [6, 6.07) is -0.0378. The molecule has 2 rings (SSSR count). The van der Waals surface area contributed by atoms with Crippen molar-refractivity contribution in [2.45, 2.75) is 38.1 Å². The number of carbonyl (C=O) groups is 1. The third kappa shape index (κ3) is 3.19. The second-order valence-corrected chi connectivity index (χ2v) is 5.01. The van der Waals surface area contributed by atoms with Crippen molar-refractivity contribution in [1.29, 1.82) is 0 Å². The van der Waals surface area contributed by atoms with Crippen molar-refractivity contribution in [1.82, 2.24) is 4.90 Å². The van der Waals surface area contributed by atoms with E-state index in [9.17, 15) is 4.79 Å². The first-order valence-electron chi connectivity index (χ1n) is 6.72. The molecule has 1 aliphatic heterocycles. The molecule has 98 valence electrons. The monoisotopic (exact) mass is 241 g/mol. The van der Waals surface area contributed by atoms with Gasteiger partial charge in [0.15, 0.2) is 0 Å². The van der Waals surface area contributed by atoms with E-state index in [1.54, 1.807) is 0 Å². The summed E-state index contributed by atoms with van der Waals surface area (Å²) in [6.45, 7) is 3.19. The maximum atomic E-state index is 12.0. The molecule has 1 aliphatic carbocycles. The zero-order chi connectivity index (χ0) is 12.1. The molecule has 4 nitrogen and oxygen atoms in total. The van der Waals surface area contributed by atoms with Crippen LogP contribution < -0.4 is 0 Å². The number of hydrogen-bond donors (Lipinski definition) is 0. The van der Waals surface area contributed by atoms with Crippen LogP contribution in [0.5, 0.6) is 0 Å². The van der Waals surface area contributed by atoms with E-state index in [0.29, 0.717) is 5.92 Å². The van der Waals surface area contributed by atoms with Crippen molar-refractivity contribution in [3.63, 3.8) is 0 Å². The number of nitrogens with zero attached hydrogens (tertiary/aromatic N) is 1. The molecule has 2 aliphatic rings. The third-order valence-corrected chi connectivity index (χ3v) is 3.98. The van der Waals surface area contributed by atoms with Crippen molar-refractivity contribution in [3.8, 4) is 0 Å². The number of esters is 1. The highest BCUT2D eigenvalue weighted by Gasteiger charge is 2.35. The summed E-state index contributed by atoms with van der Waals surface area (Å²) in [4.78, 5) is 14.3. The molecule has 1 heterocycles. The van der Waals surface area contributed by atoms with Gasteiger partial charge < -0.3 is 9.47 Å². The zero-order valence-corrected chi connectivity index (χ0v) is 10.7. The molecule has 2 fully saturated rings. The number of methoxy groups -OCH3 is 1. The molecule has 0 amide bonds. The molecule has 1 unspecified atom stereocenters. The number of hydrogen-bond acceptors (Lipinski definition) is 4. The molecule has 4 heteroatoms. The smallest absolute Gasteiger partial charge is 0.323 e. The lowest BCUT2D eigenvalue weighted by atomic mass is 9.83. The normalized spacial score (nSPS) is 25.5. The predicted molar refractivity (Wildman–Crippen MR) is 64.8 cm³/mol. The molecule has 0 spiro atoms. The van der Waals surface area contributed by atoms with Crippen molar-refractivity contribution in [2.24, 2.45) is 5.92 Å². The van der Waals surface area contributed by atoms with Crippen LogP contribution in [0.25, 0.3) is 0 Å². The summed E-state index contributed by atoms with van der Waals surface area (Å²) in [5, 5.41) is 0. The Balaban J connectivity index is 2.02. The average Bonchev–Trinajstić information content (AvgIpc) is 2.41. The van der Waals surface area contributed by atoms with Gasteiger partial charge >= 0.3 is 5.97 Å². The summed E-state index contributed by atoms with van der Waals surface area (Å²) in [7, 11) is 1.50. The van der Waals surface area contributed by atoms with Crippen molar-refractivity contribution in [2.75, 3.05) is 33.4 Å². The quantitative estimate of drug-likeness (QED) is 0.701. The van der Waals surface area contributed by atoms with Gasteiger partial charge in [-0.1, -0.05) is 19.3 Å². The molecule has 0 N–H and O–H groups in total. The van der Waals surface area contributed by atoms with E-state index in [4.69, 9.17) is 9.47 Å². The molecule has 1 saturated carbocycles. The summed E-state index contributed by atoms with van der Waals surface area (Å²) in [5.41, 5.74) is 0. The Morgan fingerprint density at radius 1 is 1.24 bits per heavy atom. The first kappa shape index (κ1) is 12.8. The average molecular weight is 241 g/mol. The Kier molecular flexibility index (Phi) is 4.80. The van der Waals surface area contributed by atoms with Gasteiger partial charge in [0.25, 0.3) is 0 Å². The van der Waals surface area contributed by atoms with Crippen LogP contribution in [-0.4, -0.2) is 50.3 Å². The Morgan fingerprint density at radius 2 is 1.88 bits per heavy atom. The topological polar surface area (TPSA) is 38.8 Å². The lowest BCUT2D eigenvalue weighted by molar-refractivity contribution is -0.152. The second-order valence-electron chi connectivity index (χ2n) is 5.01. The maximum Gasteiger partial charge on any atom is 0.323 e. The minimum atomic E-state index is -0.0567. The third-order valence-electron chi connectivity index (χ3n) is 3.98. The fraction of sp³-hybridized carbons (Fsp3) is 0.923. The summed E-state index contributed by atoms with van der Waals surface area (Å²) in [6.07, 6.45) is 6.15. The highest BCUT2D eigenvalue weighted by Crippen LogP contribution is 2.30. The number of morpholine rings is 1. The van der Waals surface area contributed by atoms with E-state index in [1.807, 2.05) is 0 Å². The van der Waals surface area contributed by atoms with Crippen LogP contribution in [0.1, 0.15) is 32.1 Å². The van der Waals surface area contributed by atoms with Gasteiger partial charge in [-0.2, -0.15) is 0 Å². The van der Waals surface area contributed by atoms with Crippen LogP contribution in [0.15, 0.2) is 0 Å². The number of ether oxygens (including phenoxy) is 2. The largest absolute Gasteiger partial charge is 0.468 e. The highest BCUT2D eigenvalue weighted by atomic mass is 16.5. The standard InChI is InChI=1S/C13H23NO3/c1-16-13(15)12(11-5-3-2-4-6-11)14-7-9-17-10-8-14/h11-12H,2-10H2,1H3. The van der Waals surface area contributed by atoms with Gasteiger partial charge in [0.05, 0.1) is 20.3 Å². The SMILES string of the molecule is COC(=O)C(C1CCCCC1)N1CCOCC1. The van der Waals surface area contributed by atoms with E-state index < -0.39 is 0 Å². The van der Waals surface area contributed by atoms with E-state index in [2.05, 4.69) is 4.90 Å². The van der Waals surface area contributed by atoms with Crippen LogP contribution in [0.3, 0.4) is 0 Å². The van der Waals surface area contributed by atoms with Gasteiger partial charge in [0.2, 0.25) is 0 Å². The van der Waals surface area contributed by atoms with Gasteiger partial charge in [-0.05, 0) is 18.8 Å². The van der Waals surface area contributed by atoms with E-state index >= 15 is 0 Å². The number of rotatable bonds is 3. The molecule has 0 bridgehead atoms. The lowest BCUT2D eigenvalue weighted by Gasteiger charge is -2.38. The molecule has 1 atom stereocenters. The van der Waals surface area contributed by atoms with Crippen molar-refractivity contribution < 1.29 is 14.3 Å².